The molecule has 2 saturated heterocycles. The Morgan fingerprint density at radius 3 is 2.00 bits per heavy atom. The maximum Gasteiger partial charge on any atom is 0.343 e. The molecule has 2 fully saturated rings. The molecule has 0 aromatic carbocycles. The Hall–Kier alpha value is -1.33. The summed E-state index contributed by atoms with van der Waals surface area (Å²) in [7, 11) is 0. The minimum atomic E-state index is -0.396. The zero-order valence-corrected chi connectivity index (χ0v) is 13.9. The fourth-order valence-corrected chi connectivity index (χ4v) is 3.67. The molecule has 23 heavy (non-hydrogen) atoms. The van der Waals surface area contributed by atoms with Crippen LogP contribution in [0.25, 0.3) is 0 Å². The lowest BCUT2D eigenvalue weighted by molar-refractivity contribution is 0.213. The molecule has 0 spiro atoms. The smallest absolute Gasteiger partial charge is 0.343 e. The molecule has 0 saturated carbocycles. The van der Waals surface area contributed by atoms with Crippen molar-refractivity contribution in [2.45, 2.75) is 58.0 Å². The molecule has 0 unspecified atom stereocenters. The molecule has 0 radical (unpaired) electrons. The third-order valence-corrected chi connectivity index (χ3v) is 5.07. The van der Waals surface area contributed by atoms with Crippen LogP contribution in [0.3, 0.4) is 0 Å². The lowest BCUT2D eigenvalue weighted by Gasteiger charge is -2.26. The van der Waals surface area contributed by atoms with Gasteiger partial charge in [-0.1, -0.05) is 19.3 Å². The molecular weight excluding hydrogens is 292 g/mol. The van der Waals surface area contributed by atoms with Crippen molar-refractivity contribution >= 4 is 0 Å². The summed E-state index contributed by atoms with van der Waals surface area (Å²) in [6.45, 7) is 5.27. The third kappa shape index (κ3) is 4.36. The van der Waals surface area contributed by atoms with E-state index < -0.39 is 5.63 Å². The van der Waals surface area contributed by atoms with Crippen LogP contribution in [0.1, 0.15) is 56.1 Å². The Balaban J connectivity index is 1.73. The van der Waals surface area contributed by atoms with Crippen molar-refractivity contribution in [1.82, 2.24) is 9.80 Å². The summed E-state index contributed by atoms with van der Waals surface area (Å²) in [5.74, 6) is 0.149. The van der Waals surface area contributed by atoms with Crippen molar-refractivity contribution in [1.29, 1.82) is 0 Å². The van der Waals surface area contributed by atoms with Gasteiger partial charge in [0.25, 0.3) is 0 Å². The average Bonchev–Trinajstić information content (AvgIpc) is 2.84. The highest BCUT2D eigenvalue weighted by Crippen LogP contribution is 2.24. The average molecular weight is 320 g/mol. The van der Waals surface area contributed by atoms with Gasteiger partial charge in [0, 0.05) is 18.7 Å². The lowest BCUT2D eigenvalue weighted by Crippen LogP contribution is -2.31. The monoisotopic (exact) mass is 320 g/mol. The second-order valence-electron chi connectivity index (χ2n) is 6.90. The van der Waals surface area contributed by atoms with Gasteiger partial charge >= 0.3 is 5.63 Å². The topological polar surface area (TPSA) is 56.9 Å². The van der Waals surface area contributed by atoms with E-state index >= 15 is 0 Å². The first-order valence-corrected chi connectivity index (χ1v) is 9.01. The predicted octanol–water partition coefficient (Wildman–Crippen LogP) is 2.71. The van der Waals surface area contributed by atoms with Crippen LogP contribution in [0.5, 0.6) is 5.75 Å². The molecule has 0 atom stereocenters. The number of likely N-dealkylation sites (tertiary alicyclic amines) is 2. The van der Waals surface area contributed by atoms with E-state index in [0.29, 0.717) is 18.7 Å². The molecule has 2 aliphatic rings. The number of nitrogens with zero attached hydrogens (tertiary/aromatic N) is 2. The predicted molar refractivity (Wildman–Crippen MR) is 89.5 cm³/mol. The maximum atomic E-state index is 12.0. The summed E-state index contributed by atoms with van der Waals surface area (Å²) in [5, 5.41) is 10.6. The van der Waals surface area contributed by atoms with Gasteiger partial charge < -0.3 is 9.52 Å². The number of rotatable bonds is 4. The van der Waals surface area contributed by atoms with Crippen molar-refractivity contribution < 1.29 is 9.52 Å². The second kappa shape index (κ2) is 7.97. The fraction of sp³-hybridized carbons (Fsp3) is 0.722. The molecule has 128 valence electrons. The molecule has 0 amide bonds. The van der Waals surface area contributed by atoms with E-state index in [-0.39, 0.29) is 5.75 Å². The van der Waals surface area contributed by atoms with E-state index in [9.17, 15) is 9.90 Å². The quantitative estimate of drug-likeness (QED) is 0.924. The van der Waals surface area contributed by atoms with Gasteiger partial charge in [-0.05, 0) is 51.9 Å². The molecule has 1 aromatic heterocycles. The van der Waals surface area contributed by atoms with Gasteiger partial charge in [0.1, 0.15) is 12.0 Å². The summed E-state index contributed by atoms with van der Waals surface area (Å²) in [6, 6.07) is 0. The number of hydrogen-bond acceptors (Lipinski definition) is 5. The lowest BCUT2D eigenvalue weighted by atomic mass is 10.1. The zero-order chi connectivity index (χ0) is 16.1. The number of aromatic hydroxyl groups is 1. The summed E-state index contributed by atoms with van der Waals surface area (Å²) in [4.78, 5) is 16.6. The minimum Gasteiger partial charge on any atom is -0.507 e. The molecule has 3 heterocycles. The van der Waals surface area contributed by atoms with E-state index in [1.54, 1.807) is 0 Å². The molecule has 0 aliphatic carbocycles. The largest absolute Gasteiger partial charge is 0.507 e. The second-order valence-corrected chi connectivity index (χ2v) is 6.90. The molecule has 2 aliphatic heterocycles. The van der Waals surface area contributed by atoms with Gasteiger partial charge in [0.05, 0.1) is 5.56 Å². The highest BCUT2D eigenvalue weighted by Gasteiger charge is 2.20. The summed E-state index contributed by atoms with van der Waals surface area (Å²) in [6.07, 6.45) is 10.0. The normalized spacial score (nSPS) is 21.2. The van der Waals surface area contributed by atoms with Gasteiger partial charge in [-0.2, -0.15) is 0 Å². The van der Waals surface area contributed by atoms with Gasteiger partial charge in [-0.25, -0.2) is 4.79 Å². The summed E-state index contributed by atoms with van der Waals surface area (Å²) < 4.78 is 5.22. The molecule has 0 bridgehead atoms. The van der Waals surface area contributed by atoms with Crippen LogP contribution in [-0.2, 0) is 13.1 Å². The van der Waals surface area contributed by atoms with Gasteiger partial charge in [0.15, 0.2) is 0 Å². The van der Waals surface area contributed by atoms with Crippen LogP contribution in [0, 0.1) is 0 Å². The van der Waals surface area contributed by atoms with Crippen LogP contribution in [0.2, 0.25) is 0 Å². The van der Waals surface area contributed by atoms with Crippen LogP contribution < -0.4 is 5.63 Å². The Kier molecular flexibility index (Phi) is 5.73. The van der Waals surface area contributed by atoms with Crippen molar-refractivity contribution in [2.24, 2.45) is 0 Å². The van der Waals surface area contributed by atoms with Crippen molar-refractivity contribution in [3.63, 3.8) is 0 Å². The van der Waals surface area contributed by atoms with Crippen molar-refractivity contribution in [3.05, 3.63) is 27.8 Å². The van der Waals surface area contributed by atoms with Crippen LogP contribution in [0.4, 0.5) is 0 Å². The van der Waals surface area contributed by atoms with E-state index in [4.69, 9.17) is 4.42 Å². The molecule has 1 aromatic rings. The standard InChI is InChI=1S/C18H28N2O3/c21-17-15(12-19-8-4-1-2-5-9-19)14-23-18(22)16(17)13-20-10-6-3-7-11-20/h14,21H,1-13H2. The minimum absolute atomic E-state index is 0.149. The third-order valence-electron chi connectivity index (χ3n) is 5.07. The van der Waals surface area contributed by atoms with E-state index in [1.165, 1.54) is 51.2 Å². The van der Waals surface area contributed by atoms with Crippen LogP contribution in [-0.4, -0.2) is 41.1 Å². The first-order chi connectivity index (χ1) is 11.2. The van der Waals surface area contributed by atoms with Crippen molar-refractivity contribution in [2.75, 3.05) is 26.2 Å². The molecule has 5 nitrogen and oxygen atoms in total. The van der Waals surface area contributed by atoms with Crippen LogP contribution >= 0.6 is 0 Å². The highest BCUT2D eigenvalue weighted by atomic mass is 16.4. The van der Waals surface area contributed by atoms with Gasteiger partial charge in [-0.15, -0.1) is 0 Å². The van der Waals surface area contributed by atoms with Gasteiger partial charge in [-0.3, -0.25) is 9.80 Å². The summed E-state index contributed by atoms with van der Waals surface area (Å²) >= 11 is 0. The zero-order valence-electron chi connectivity index (χ0n) is 13.9. The van der Waals surface area contributed by atoms with E-state index in [1.807, 2.05) is 0 Å². The van der Waals surface area contributed by atoms with E-state index in [2.05, 4.69) is 9.80 Å². The first-order valence-electron chi connectivity index (χ1n) is 9.01. The van der Waals surface area contributed by atoms with E-state index in [0.717, 1.165) is 31.7 Å². The molecule has 5 heteroatoms. The molecular formula is C18H28N2O3. The Morgan fingerprint density at radius 2 is 1.39 bits per heavy atom. The number of hydrogen-bond donors (Lipinski definition) is 1. The van der Waals surface area contributed by atoms with Gasteiger partial charge in [0.2, 0.25) is 0 Å². The highest BCUT2D eigenvalue weighted by molar-refractivity contribution is 5.36. The Labute approximate surface area is 137 Å². The molecule has 3 rings (SSSR count). The Bertz CT molecular complexity index is 556. The Morgan fingerprint density at radius 1 is 0.870 bits per heavy atom. The van der Waals surface area contributed by atoms with Crippen molar-refractivity contribution in [3.8, 4) is 5.75 Å². The SMILES string of the molecule is O=c1occ(CN2CCCCCC2)c(O)c1CN1CCCCC1. The summed E-state index contributed by atoms with van der Waals surface area (Å²) in [5.41, 5.74) is 0.783. The van der Waals surface area contributed by atoms with Crippen LogP contribution in [0.15, 0.2) is 15.5 Å². The number of piperidine rings is 1. The maximum absolute atomic E-state index is 12.0. The molecule has 1 N–H and O–H groups in total. The first kappa shape index (κ1) is 16.5. The fourth-order valence-electron chi connectivity index (χ4n) is 3.67.